The summed E-state index contributed by atoms with van der Waals surface area (Å²) in [5, 5.41) is 11.3. The van der Waals surface area contributed by atoms with E-state index in [-0.39, 0.29) is 0 Å². The van der Waals surface area contributed by atoms with Gasteiger partial charge in [0.1, 0.15) is 0 Å². The smallest absolute Gasteiger partial charge is 0.0969 e. The highest BCUT2D eigenvalue weighted by Gasteiger charge is 2.02. The van der Waals surface area contributed by atoms with Gasteiger partial charge in [0.2, 0.25) is 0 Å². The van der Waals surface area contributed by atoms with Gasteiger partial charge in [-0.1, -0.05) is 43.5 Å². The Morgan fingerprint density at radius 2 is 1.90 bits per heavy atom. The van der Waals surface area contributed by atoms with Gasteiger partial charge >= 0.3 is 0 Å². The van der Waals surface area contributed by atoms with Crippen LogP contribution in [0.1, 0.15) is 43.9 Å². The van der Waals surface area contributed by atoms with Crippen LogP contribution < -0.4 is 5.32 Å². The molecule has 0 amide bonds. The van der Waals surface area contributed by atoms with Crippen molar-refractivity contribution in [3.8, 4) is 5.69 Å². The van der Waals surface area contributed by atoms with E-state index in [1.54, 1.807) is 0 Å². The summed E-state index contributed by atoms with van der Waals surface area (Å²) < 4.78 is 1.83. The minimum Gasteiger partial charge on any atom is -0.314 e. The van der Waals surface area contributed by atoms with Crippen LogP contribution in [0, 0.1) is 0 Å². The second-order valence-corrected chi connectivity index (χ2v) is 5.16. The highest BCUT2D eigenvalue weighted by molar-refractivity contribution is 5.33. The van der Waals surface area contributed by atoms with Crippen LogP contribution >= 0.6 is 0 Å². The van der Waals surface area contributed by atoms with Gasteiger partial charge in [0.25, 0.3) is 0 Å². The summed E-state index contributed by atoms with van der Waals surface area (Å²) in [5.41, 5.74) is 3.42. The summed E-state index contributed by atoms with van der Waals surface area (Å²) >= 11 is 0. The lowest BCUT2D eigenvalue weighted by atomic mass is 10.1. The molecular formula is C16H24N4. The summed E-state index contributed by atoms with van der Waals surface area (Å²) in [6.45, 7) is 2.99. The number of nitrogens with zero attached hydrogens (tertiary/aromatic N) is 3. The highest BCUT2D eigenvalue weighted by atomic mass is 15.4. The second kappa shape index (κ2) is 7.80. The number of hydrogen-bond donors (Lipinski definition) is 1. The molecule has 0 radical (unpaired) electrons. The molecule has 0 aliphatic heterocycles. The molecule has 0 bridgehead atoms. The maximum atomic E-state index is 4.15. The van der Waals surface area contributed by atoms with Gasteiger partial charge in [-0.15, -0.1) is 5.10 Å². The minimum absolute atomic E-state index is 0.746. The third kappa shape index (κ3) is 4.17. The van der Waals surface area contributed by atoms with Crippen LogP contribution in [0.25, 0.3) is 5.69 Å². The van der Waals surface area contributed by atoms with Crippen molar-refractivity contribution in [2.75, 3.05) is 7.05 Å². The monoisotopic (exact) mass is 272 g/mol. The van der Waals surface area contributed by atoms with Gasteiger partial charge in [0.05, 0.1) is 17.6 Å². The number of benzene rings is 1. The summed E-state index contributed by atoms with van der Waals surface area (Å²) in [6.07, 6.45) is 8.37. The van der Waals surface area contributed by atoms with Crippen molar-refractivity contribution in [3.63, 3.8) is 0 Å². The first-order chi connectivity index (χ1) is 9.83. The zero-order valence-corrected chi connectivity index (χ0v) is 12.5. The molecule has 2 rings (SSSR count). The zero-order valence-electron chi connectivity index (χ0n) is 12.5. The SMILES string of the molecule is CCCCCCc1ccc(-n2cc(CNC)nn2)cc1. The Morgan fingerprint density at radius 1 is 1.10 bits per heavy atom. The fraction of sp³-hybridized carbons (Fsp3) is 0.500. The van der Waals surface area contributed by atoms with E-state index in [0.29, 0.717) is 0 Å². The van der Waals surface area contributed by atoms with E-state index in [4.69, 9.17) is 0 Å². The van der Waals surface area contributed by atoms with E-state index in [2.05, 4.69) is 46.8 Å². The molecule has 20 heavy (non-hydrogen) atoms. The van der Waals surface area contributed by atoms with E-state index in [1.165, 1.54) is 37.7 Å². The number of aromatic nitrogens is 3. The maximum absolute atomic E-state index is 4.15. The first kappa shape index (κ1) is 14.7. The molecule has 1 aromatic heterocycles. The molecule has 1 aromatic carbocycles. The van der Waals surface area contributed by atoms with E-state index in [1.807, 2.05) is 17.9 Å². The quantitative estimate of drug-likeness (QED) is 0.751. The first-order valence-electron chi connectivity index (χ1n) is 7.48. The highest BCUT2D eigenvalue weighted by Crippen LogP contribution is 2.12. The molecule has 0 saturated carbocycles. The van der Waals surface area contributed by atoms with Crippen molar-refractivity contribution in [2.45, 2.75) is 45.6 Å². The van der Waals surface area contributed by atoms with Crippen molar-refractivity contribution in [1.82, 2.24) is 20.3 Å². The summed E-state index contributed by atoms with van der Waals surface area (Å²) in [4.78, 5) is 0. The third-order valence-electron chi connectivity index (χ3n) is 3.42. The van der Waals surface area contributed by atoms with Gasteiger partial charge < -0.3 is 5.32 Å². The lowest BCUT2D eigenvalue weighted by Crippen LogP contribution is -2.04. The van der Waals surface area contributed by atoms with E-state index in [9.17, 15) is 0 Å². The van der Waals surface area contributed by atoms with Gasteiger partial charge in [0, 0.05) is 6.54 Å². The molecule has 4 heteroatoms. The lowest BCUT2D eigenvalue weighted by Gasteiger charge is -2.04. The van der Waals surface area contributed by atoms with Crippen LogP contribution in [0.3, 0.4) is 0 Å². The van der Waals surface area contributed by atoms with Gasteiger partial charge in [-0.3, -0.25) is 0 Å². The molecule has 0 fully saturated rings. The predicted octanol–water partition coefficient (Wildman–Crippen LogP) is 3.11. The standard InChI is InChI=1S/C16H24N4/c1-3-4-5-6-7-14-8-10-16(11-9-14)20-13-15(12-17-2)18-19-20/h8-11,13,17H,3-7,12H2,1-2H3. The molecule has 1 heterocycles. The normalized spacial score (nSPS) is 10.9. The van der Waals surface area contributed by atoms with Crippen molar-refractivity contribution in [1.29, 1.82) is 0 Å². The minimum atomic E-state index is 0.746. The van der Waals surface area contributed by atoms with Crippen molar-refractivity contribution >= 4 is 0 Å². The average molecular weight is 272 g/mol. The Hall–Kier alpha value is -1.68. The number of unbranched alkanes of at least 4 members (excludes halogenated alkanes) is 3. The number of rotatable bonds is 8. The van der Waals surface area contributed by atoms with Crippen LogP contribution in [0.5, 0.6) is 0 Å². The zero-order chi connectivity index (χ0) is 14.2. The summed E-state index contributed by atoms with van der Waals surface area (Å²) in [7, 11) is 1.91. The van der Waals surface area contributed by atoms with Gasteiger partial charge in [-0.2, -0.15) is 0 Å². The molecule has 0 aliphatic carbocycles. The fourth-order valence-corrected chi connectivity index (χ4v) is 2.26. The van der Waals surface area contributed by atoms with Gasteiger partial charge in [-0.25, -0.2) is 4.68 Å². The first-order valence-corrected chi connectivity index (χ1v) is 7.48. The predicted molar refractivity (Wildman–Crippen MR) is 82.0 cm³/mol. The van der Waals surface area contributed by atoms with Crippen LogP contribution in [0.4, 0.5) is 0 Å². The molecule has 0 unspecified atom stereocenters. The molecule has 0 saturated heterocycles. The summed E-state index contributed by atoms with van der Waals surface area (Å²) in [6, 6.07) is 8.63. The molecule has 0 spiro atoms. The van der Waals surface area contributed by atoms with E-state index < -0.39 is 0 Å². The van der Waals surface area contributed by atoms with Crippen LogP contribution in [-0.4, -0.2) is 22.0 Å². The van der Waals surface area contributed by atoms with Crippen molar-refractivity contribution < 1.29 is 0 Å². The number of hydrogen-bond acceptors (Lipinski definition) is 3. The third-order valence-corrected chi connectivity index (χ3v) is 3.42. The van der Waals surface area contributed by atoms with Crippen LogP contribution in [0.15, 0.2) is 30.5 Å². The Morgan fingerprint density at radius 3 is 2.60 bits per heavy atom. The second-order valence-electron chi connectivity index (χ2n) is 5.16. The maximum Gasteiger partial charge on any atom is 0.0969 e. The van der Waals surface area contributed by atoms with Gasteiger partial charge in [0.15, 0.2) is 0 Å². The number of aryl methyl sites for hydroxylation is 1. The molecule has 2 aromatic rings. The molecule has 4 nitrogen and oxygen atoms in total. The fourth-order valence-electron chi connectivity index (χ4n) is 2.26. The molecule has 0 atom stereocenters. The largest absolute Gasteiger partial charge is 0.314 e. The molecule has 0 aliphatic rings. The van der Waals surface area contributed by atoms with Crippen LogP contribution in [-0.2, 0) is 13.0 Å². The topological polar surface area (TPSA) is 42.7 Å². The van der Waals surface area contributed by atoms with E-state index >= 15 is 0 Å². The lowest BCUT2D eigenvalue weighted by molar-refractivity contribution is 0.666. The Labute approximate surface area is 121 Å². The average Bonchev–Trinajstić information content (AvgIpc) is 2.93. The van der Waals surface area contributed by atoms with Crippen molar-refractivity contribution in [3.05, 3.63) is 41.7 Å². The Bertz CT molecular complexity index is 501. The van der Waals surface area contributed by atoms with E-state index in [0.717, 1.165) is 17.9 Å². The Balaban J connectivity index is 1.93. The number of nitrogens with one attached hydrogen (secondary N) is 1. The Kier molecular flexibility index (Phi) is 5.74. The molecule has 108 valence electrons. The van der Waals surface area contributed by atoms with Crippen LogP contribution in [0.2, 0.25) is 0 Å². The summed E-state index contributed by atoms with van der Waals surface area (Å²) in [5.74, 6) is 0. The molecular weight excluding hydrogens is 248 g/mol. The molecule has 1 N–H and O–H groups in total. The van der Waals surface area contributed by atoms with Crippen molar-refractivity contribution in [2.24, 2.45) is 0 Å². The van der Waals surface area contributed by atoms with Gasteiger partial charge in [-0.05, 0) is 37.6 Å².